The standard InChI is InChI=1S/C15H20ClN3O/c1-4-17-9-14-13(16)7-8-15(18-14)19(3)10-12-6-5-11(2)20-12/h5-8,17H,4,9-10H2,1-3H3. The van der Waals surface area contributed by atoms with E-state index in [4.69, 9.17) is 16.0 Å². The minimum Gasteiger partial charge on any atom is -0.464 e. The molecule has 0 saturated carbocycles. The van der Waals surface area contributed by atoms with E-state index < -0.39 is 0 Å². The lowest BCUT2D eigenvalue weighted by Crippen LogP contribution is -2.19. The maximum atomic E-state index is 6.16. The smallest absolute Gasteiger partial charge is 0.129 e. The van der Waals surface area contributed by atoms with Crippen LogP contribution in [-0.2, 0) is 13.1 Å². The fourth-order valence-electron chi connectivity index (χ4n) is 1.94. The molecule has 0 aliphatic heterocycles. The summed E-state index contributed by atoms with van der Waals surface area (Å²) in [5, 5.41) is 3.93. The van der Waals surface area contributed by atoms with Gasteiger partial charge in [0.15, 0.2) is 0 Å². The average molecular weight is 294 g/mol. The van der Waals surface area contributed by atoms with E-state index in [9.17, 15) is 0 Å². The normalized spacial score (nSPS) is 10.8. The summed E-state index contributed by atoms with van der Waals surface area (Å²) in [5.41, 5.74) is 0.869. The maximum absolute atomic E-state index is 6.16. The van der Waals surface area contributed by atoms with Crippen molar-refractivity contribution in [3.63, 3.8) is 0 Å². The first-order chi connectivity index (χ1) is 9.60. The molecule has 4 nitrogen and oxygen atoms in total. The molecule has 2 rings (SSSR count). The number of nitrogens with one attached hydrogen (secondary N) is 1. The van der Waals surface area contributed by atoms with Crippen LogP contribution < -0.4 is 10.2 Å². The zero-order valence-corrected chi connectivity index (χ0v) is 12.9. The summed E-state index contributed by atoms with van der Waals surface area (Å²) in [5.74, 6) is 2.73. The minimum absolute atomic E-state index is 0.677. The fraction of sp³-hybridized carbons (Fsp3) is 0.400. The number of aryl methyl sites for hydroxylation is 1. The Labute approximate surface area is 124 Å². The molecule has 0 unspecified atom stereocenters. The quantitative estimate of drug-likeness (QED) is 0.886. The van der Waals surface area contributed by atoms with Crippen LogP contribution in [0.4, 0.5) is 5.82 Å². The molecule has 108 valence electrons. The Bertz CT molecular complexity index is 568. The van der Waals surface area contributed by atoms with Gasteiger partial charge in [-0.05, 0) is 37.7 Å². The highest BCUT2D eigenvalue weighted by molar-refractivity contribution is 6.31. The van der Waals surface area contributed by atoms with Crippen LogP contribution in [-0.4, -0.2) is 18.6 Å². The highest BCUT2D eigenvalue weighted by Crippen LogP contribution is 2.20. The van der Waals surface area contributed by atoms with Crippen molar-refractivity contribution >= 4 is 17.4 Å². The summed E-state index contributed by atoms with van der Waals surface area (Å²) in [6.07, 6.45) is 0. The van der Waals surface area contributed by atoms with Gasteiger partial charge in [0.05, 0.1) is 17.3 Å². The van der Waals surface area contributed by atoms with E-state index in [0.717, 1.165) is 29.6 Å². The zero-order valence-electron chi connectivity index (χ0n) is 12.1. The number of nitrogens with zero attached hydrogens (tertiary/aromatic N) is 2. The molecule has 0 aromatic carbocycles. The second kappa shape index (κ2) is 6.77. The third-order valence-corrected chi connectivity index (χ3v) is 3.37. The molecule has 1 N–H and O–H groups in total. The number of rotatable bonds is 6. The largest absolute Gasteiger partial charge is 0.464 e. The predicted octanol–water partition coefficient (Wildman–Crippen LogP) is 3.38. The molecule has 0 amide bonds. The van der Waals surface area contributed by atoms with Gasteiger partial charge in [0.25, 0.3) is 0 Å². The van der Waals surface area contributed by atoms with Crippen molar-refractivity contribution in [2.24, 2.45) is 0 Å². The number of anilines is 1. The van der Waals surface area contributed by atoms with Gasteiger partial charge in [-0.15, -0.1) is 0 Å². The molecule has 0 bridgehead atoms. The highest BCUT2D eigenvalue weighted by atomic mass is 35.5. The van der Waals surface area contributed by atoms with E-state index in [0.29, 0.717) is 18.1 Å². The third kappa shape index (κ3) is 3.74. The van der Waals surface area contributed by atoms with E-state index in [1.807, 2.05) is 43.1 Å². The molecule has 20 heavy (non-hydrogen) atoms. The Morgan fingerprint density at radius 2 is 2.10 bits per heavy atom. The summed E-state index contributed by atoms with van der Waals surface area (Å²) in [6.45, 7) is 6.26. The first-order valence-corrected chi connectivity index (χ1v) is 7.10. The predicted molar refractivity (Wildman–Crippen MR) is 82.2 cm³/mol. The Morgan fingerprint density at radius 3 is 2.75 bits per heavy atom. The molecule has 0 saturated heterocycles. The topological polar surface area (TPSA) is 41.3 Å². The van der Waals surface area contributed by atoms with E-state index in [1.54, 1.807) is 0 Å². The molecule has 0 spiro atoms. The van der Waals surface area contributed by atoms with Crippen molar-refractivity contribution in [3.05, 3.63) is 46.5 Å². The Kier molecular flexibility index (Phi) is 5.04. The summed E-state index contributed by atoms with van der Waals surface area (Å²) >= 11 is 6.16. The molecule has 0 fully saturated rings. The zero-order chi connectivity index (χ0) is 14.5. The van der Waals surface area contributed by atoms with Gasteiger partial charge in [-0.2, -0.15) is 0 Å². The van der Waals surface area contributed by atoms with Crippen LogP contribution >= 0.6 is 11.6 Å². The summed E-state index contributed by atoms with van der Waals surface area (Å²) in [7, 11) is 1.99. The van der Waals surface area contributed by atoms with Crippen molar-refractivity contribution in [1.82, 2.24) is 10.3 Å². The van der Waals surface area contributed by atoms with E-state index in [1.165, 1.54) is 0 Å². The number of hydrogen-bond donors (Lipinski definition) is 1. The van der Waals surface area contributed by atoms with E-state index >= 15 is 0 Å². The molecule has 5 heteroatoms. The van der Waals surface area contributed by atoms with Crippen LogP contribution in [0.25, 0.3) is 0 Å². The van der Waals surface area contributed by atoms with Gasteiger partial charge in [-0.25, -0.2) is 4.98 Å². The van der Waals surface area contributed by atoms with Crippen molar-refractivity contribution in [1.29, 1.82) is 0 Å². The van der Waals surface area contributed by atoms with Gasteiger partial charge in [-0.3, -0.25) is 0 Å². The molecule has 0 aliphatic carbocycles. The minimum atomic E-state index is 0.677. The van der Waals surface area contributed by atoms with Gasteiger partial charge in [-0.1, -0.05) is 18.5 Å². The lowest BCUT2D eigenvalue weighted by Gasteiger charge is -2.18. The first kappa shape index (κ1) is 14.9. The highest BCUT2D eigenvalue weighted by Gasteiger charge is 2.09. The van der Waals surface area contributed by atoms with Crippen LogP contribution in [0.1, 0.15) is 24.1 Å². The second-order valence-electron chi connectivity index (χ2n) is 4.75. The van der Waals surface area contributed by atoms with Crippen LogP contribution in [0.5, 0.6) is 0 Å². The molecule has 0 aliphatic rings. The molecule has 2 aromatic heterocycles. The van der Waals surface area contributed by atoms with Gasteiger partial charge in [0.2, 0.25) is 0 Å². The van der Waals surface area contributed by atoms with E-state index in [2.05, 4.69) is 17.2 Å². The molecule has 2 aromatic rings. The maximum Gasteiger partial charge on any atom is 0.129 e. The Morgan fingerprint density at radius 1 is 1.30 bits per heavy atom. The molecule has 2 heterocycles. The van der Waals surface area contributed by atoms with Gasteiger partial charge in [0.1, 0.15) is 17.3 Å². The van der Waals surface area contributed by atoms with Crippen LogP contribution in [0.2, 0.25) is 5.02 Å². The van der Waals surface area contributed by atoms with Crippen molar-refractivity contribution in [2.75, 3.05) is 18.5 Å². The molecule has 0 radical (unpaired) electrons. The summed E-state index contributed by atoms with van der Waals surface area (Å²) < 4.78 is 5.59. The van der Waals surface area contributed by atoms with E-state index in [-0.39, 0.29) is 0 Å². The van der Waals surface area contributed by atoms with Crippen LogP contribution in [0.15, 0.2) is 28.7 Å². The lowest BCUT2D eigenvalue weighted by atomic mass is 10.3. The summed E-state index contributed by atoms with van der Waals surface area (Å²) in [4.78, 5) is 6.65. The molecular weight excluding hydrogens is 274 g/mol. The third-order valence-electron chi connectivity index (χ3n) is 3.03. The van der Waals surface area contributed by atoms with Gasteiger partial charge in [0, 0.05) is 13.6 Å². The number of aromatic nitrogens is 1. The van der Waals surface area contributed by atoms with Gasteiger partial charge < -0.3 is 14.6 Å². The second-order valence-corrected chi connectivity index (χ2v) is 5.15. The number of hydrogen-bond acceptors (Lipinski definition) is 4. The summed E-state index contributed by atoms with van der Waals surface area (Å²) in [6, 6.07) is 7.77. The Balaban J connectivity index is 2.10. The fourth-order valence-corrected chi connectivity index (χ4v) is 2.11. The SMILES string of the molecule is CCNCc1nc(N(C)Cc2ccc(C)o2)ccc1Cl. The van der Waals surface area contributed by atoms with Crippen LogP contribution in [0.3, 0.4) is 0 Å². The number of furan rings is 1. The monoisotopic (exact) mass is 293 g/mol. The van der Waals surface area contributed by atoms with Crippen molar-refractivity contribution in [2.45, 2.75) is 26.9 Å². The number of halogens is 1. The van der Waals surface area contributed by atoms with Crippen molar-refractivity contribution < 1.29 is 4.42 Å². The molecule has 0 atom stereocenters. The average Bonchev–Trinajstić information content (AvgIpc) is 2.83. The first-order valence-electron chi connectivity index (χ1n) is 6.72. The van der Waals surface area contributed by atoms with Crippen LogP contribution in [0, 0.1) is 6.92 Å². The Hall–Kier alpha value is -1.52. The number of pyridine rings is 1. The van der Waals surface area contributed by atoms with Gasteiger partial charge >= 0.3 is 0 Å². The lowest BCUT2D eigenvalue weighted by molar-refractivity contribution is 0.481. The van der Waals surface area contributed by atoms with Crippen molar-refractivity contribution in [3.8, 4) is 0 Å². The molecular formula is C15H20ClN3O.